The van der Waals surface area contributed by atoms with Gasteiger partial charge in [0.2, 0.25) is 0 Å². The van der Waals surface area contributed by atoms with Gasteiger partial charge in [0.25, 0.3) is 5.91 Å². The number of nitrogens with one attached hydrogen (secondary N) is 2. The molecule has 0 fully saturated rings. The van der Waals surface area contributed by atoms with Crippen LogP contribution in [0.25, 0.3) is 11.3 Å². The Balaban J connectivity index is 1.20. The predicted octanol–water partition coefficient (Wildman–Crippen LogP) is 9.36. The molecule has 0 radical (unpaired) electrons. The third-order valence-electron chi connectivity index (χ3n) is 6.03. The lowest BCUT2D eigenvalue weighted by Crippen LogP contribution is -2.17. The van der Waals surface area contributed by atoms with Crippen LogP contribution in [0, 0.1) is 0 Å². The average molecular weight is 696 g/mol. The summed E-state index contributed by atoms with van der Waals surface area (Å²) in [6.45, 7) is 2.67. The molecule has 1 amide bonds. The summed E-state index contributed by atoms with van der Waals surface area (Å²) in [6, 6.07) is 25.7. The van der Waals surface area contributed by atoms with Crippen molar-refractivity contribution >= 4 is 73.4 Å². The van der Waals surface area contributed by atoms with Crippen molar-refractivity contribution in [1.29, 1.82) is 0 Å². The minimum atomic E-state index is -0.336. The van der Waals surface area contributed by atoms with E-state index in [1.807, 2.05) is 79.0 Å². The van der Waals surface area contributed by atoms with Crippen molar-refractivity contribution in [2.24, 2.45) is 5.10 Å². The lowest BCUT2D eigenvalue weighted by atomic mass is 10.1. The van der Waals surface area contributed by atoms with E-state index in [9.17, 15) is 4.79 Å². The molecule has 0 saturated carbocycles. The number of carbonyl (C=O) groups is 1. The second-order valence-corrected chi connectivity index (χ2v) is 11.7. The van der Waals surface area contributed by atoms with Crippen molar-refractivity contribution in [1.82, 2.24) is 10.4 Å². The van der Waals surface area contributed by atoms with E-state index < -0.39 is 0 Å². The van der Waals surface area contributed by atoms with Gasteiger partial charge in [-0.3, -0.25) is 4.79 Å². The van der Waals surface area contributed by atoms with Crippen molar-refractivity contribution in [2.75, 3.05) is 11.9 Å². The largest absolute Gasteiger partial charge is 0.490 e. The maximum Gasteiger partial charge on any atom is 0.271 e. The highest BCUT2D eigenvalue weighted by Crippen LogP contribution is 2.37. The fraction of sp³-hybridized carbons (Fsp3) is 0.0938. The number of halogens is 3. The van der Waals surface area contributed by atoms with Gasteiger partial charge in [-0.25, -0.2) is 10.4 Å². The van der Waals surface area contributed by atoms with E-state index in [4.69, 9.17) is 32.7 Å². The van der Waals surface area contributed by atoms with Crippen molar-refractivity contribution in [2.45, 2.75) is 13.5 Å². The average Bonchev–Trinajstić information content (AvgIpc) is 3.47. The number of thiazole rings is 1. The van der Waals surface area contributed by atoms with Crippen molar-refractivity contribution in [3.05, 3.63) is 122 Å². The monoisotopic (exact) mass is 694 g/mol. The Labute approximate surface area is 271 Å². The number of anilines is 2. The molecule has 1 aromatic heterocycles. The molecule has 5 aromatic rings. The van der Waals surface area contributed by atoms with Crippen molar-refractivity contribution in [3.63, 3.8) is 0 Å². The highest BCUT2D eigenvalue weighted by molar-refractivity contribution is 9.10. The van der Waals surface area contributed by atoms with Crippen LogP contribution in [-0.2, 0) is 6.61 Å². The zero-order chi connectivity index (χ0) is 30.2. The second kappa shape index (κ2) is 14.5. The number of amides is 1. The zero-order valence-corrected chi connectivity index (χ0v) is 26.7. The van der Waals surface area contributed by atoms with Gasteiger partial charge >= 0.3 is 0 Å². The number of hydrazone groups is 1. The van der Waals surface area contributed by atoms with Crippen LogP contribution in [0.2, 0.25) is 10.0 Å². The molecule has 0 spiro atoms. The summed E-state index contributed by atoms with van der Waals surface area (Å²) in [4.78, 5) is 17.4. The van der Waals surface area contributed by atoms with E-state index in [1.165, 1.54) is 11.3 Å². The van der Waals surface area contributed by atoms with Crippen LogP contribution in [0.4, 0.5) is 10.8 Å². The van der Waals surface area contributed by atoms with E-state index in [2.05, 4.69) is 36.8 Å². The summed E-state index contributed by atoms with van der Waals surface area (Å²) in [5.41, 5.74) is 7.30. The summed E-state index contributed by atoms with van der Waals surface area (Å²) in [7, 11) is 0. The molecule has 1 heterocycles. The highest BCUT2D eigenvalue weighted by Gasteiger charge is 2.13. The molecule has 5 rings (SSSR count). The number of aromatic nitrogens is 1. The van der Waals surface area contributed by atoms with Crippen LogP contribution in [-0.4, -0.2) is 23.7 Å². The number of rotatable bonds is 11. The molecule has 2 N–H and O–H groups in total. The maximum atomic E-state index is 12.7. The first-order valence-corrected chi connectivity index (χ1v) is 15.6. The van der Waals surface area contributed by atoms with E-state index in [0.29, 0.717) is 50.4 Å². The van der Waals surface area contributed by atoms with Gasteiger partial charge < -0.3 is 14.8 Å². The van der Waals surface area contributed by atoms with Crippen LogP contribution in [0.1, 0.15) is 28.4 Å². The van der Waals surface area contributed by atoms with Gasteiger partial charge in [0.05, 0.1) is 23.0 Å². The molecule has 0 aliphatic heterocycles. The Morgan fingerprint density at radius 3 is 2.53 bits per heavy atom. The number of hydrogen-bond donors (Lipinski definition) is 2. The normalized spacial score (nSPS) is 11.0. The third-order valence-corrected chi connectivity index (χ3v) is 7.86. The first kappa shape index (κ1) is 30.6. The molecule has 0 aliphatic rings. The second-order valence-electron chi connectivity index (χ2n) is 9.13. The summed E-state index contributed by atoms with van der Waals surface area (Å²) >= 11 is 17.1. The van der Waals surface area contributed by atoms with Crippen molar-refractivity contribution < 1.29 is 14.3 Å². The summed E-state index contributed by atoms with van der Waals surface area (Å²) in [5.74, 6) is 0.781. The van der Waals surface area contributed by atoms with Gasteiger partial charge in [0, 0.05) is 32.2 Å². The summed E-state index contributed by atoms with van der Waals surface area (Å²) < 4.78 is 12.5. The quantitative estimate of drug-likeness (QED) is 0.106. The van der Waals surface area contributed by atoms with E-state index in [-0.39, 0.29) is 5.91 Å². The minimum Gasteiger partial charge on any atom is -0.490 e. The van der Waals surface area contributed by atoms with Crippen LogP contribution in [0.5, 0.6) is 11.5 Å². The molecule has 0 aliphatic carbocycles. The molecule has 0 bridgehead atoms. The number of carbonyl (C=O) groups excluding carboxylic acids is 1. The Morgan fingerprint density at radius 2 is 1.79 bits per heavy atom. The fourth-order valence-corrected chi connectivity index (χ4v) is 5.64. The number of nitrogens with zero attached hydrogens (tertiary/aromatic N) is 2. The number of hydrogen-bond acceptors (Lipinski definition) is 7. The van der Waals surface area contributed by atoms with Crippen LogP contribution in [0.15, 0.2) is 99.9 Å². The number of ether oxygens (including phenoxy) is 2. The fourth-order valence-electron chi connectivity index (χ4n) is 3.99. The molecule has 0 saturated heterocycles. The van der Waals surface area contributed by atoms with Gasteiger partial charge in [-0.05, 0) is 94.6 Å². The van der Waals surface area contributed by atoms with E-state index in [0.717, 1.165) is 27.6 Å². The molecule has 0 atom stereocenters. The molecule has 218 valence electrons. The molecule has 7 nitrogen and oxygen atoms in total. The van der Waals surface area contributed by atoms with Gasteiger partial charge in [0.15, 0.2) is 16.6 Å². The Kier molecular flexibility index (Phi) is 10.3. The van der Waals surface area contributed by atoms with Gasteiger partial charge in [-0.2, -0.15) is 5.10 Å². The standard InChI is InChI=1S/C32H25BrCl2N4O3S/c1-2-41-29-16-21(15-27(33)30(29)42-18-20-4-3-5-25(35)14-20)17-36-39-31(40)23-8-6-22(7-9-23)28-19-43-32(38-28)37-26-12-10-24(34)11-13-26/h3-17,19H,2,18H2,1H3,(H,37,38)(H,39,40)/b36-17-. The minimum absolute atomic E-state index is 0.325. The van der Waals surface area contributed by atoms with E-state index in [1.54, 1.807) is 24.4 Å². The SMILES string of the molecule is CCOc1cc(/C=N\NC(=O)c2ccc(-c3csc(Nc4ccc(Cl)cc4)n3)cc2)cc(Br)c1OCc1cccc(Cl)c1. The van der Waals surface area contributed by atoms with Crippen LogP contribution in [0.3, 0.4) is 0 Å². The molecule has 43 heavy (non-hydrogen) atoms. The Bertz CT molecular complexity index is 1750. The first-order valence-electron chi connectivity index (χ1n) is 13.1. The Hall–Kier alpha value is -3.89. The maximum absolute atomic E-state index is 12.7. The zero-order valence-electron chi connectivity index (χ0n) is 22.8. The van der Waals surface area contributed by atoms with Gasteiger partial charge in [0.1, 0.15) is 6.61 Å². The van der Waals surface area contributed by atoms with Crippen LogP contribution >= 0.6 is 50.5 Å². The summed E-state index contributed by atoms with van der Waals surface area (Å²) in [5, 5.41) is 11.4. The lowest BCUT2D eigenvalue weighted by molar-refractivity contribution is 0.0955. The topological polar surface area (TPSA) is 84.8 Å². The predicted molar refractivity (Wildman–Crippen MR) is 178 cm³/mol. The van der Waals surface area contributed by atoms with Gasteiger partial charge in [-0.1, -0.05) is 47.5 Å². The molecular weight excluding hydrogens is 671 g/mol. The number of benzene rings is 4. The third kappa shape index (κ3) is 8.36. The van der Waals surface area contributed by atoms with E-state index >= 15 is 0 Å². The molecule has 11 heteroatoms. The smallest absolute Gasteiger partial charge is 0.271 e. The highest BCUT2D eigenvalue weighted by atomic mass is 79.9. The van der Waals surface area contributed by atoms with Crippen LogP contribution < -0.4 is 20.2 Å². The molecular formula is C32H25BrCl2N4O3S. The Morgan fingerprint density at radius 1 is 1.00 bits per heavy atom. The van der Waals surface area contributed by atoms with Crippen molar-refractivity contribution in [3.8, 4) is 22.8 Å². The first-order chi connectivity index (χ1) is 20.9. The lowest BCUT2D eigenvalue weighted by Gasteiger charge is -2.15. The summed E-state index contributed by atoms with van der Waals surface area (Å²) in [6.07, 6.45) is 1.55. The van der Waals surface area contributed by atoms with Gasteiger partial charge in [-0.15, -0.1) is 11.3 Å². The molecule has 0 unspecified atom stereocenters. The molecule has 4 aromatic carbocycles.